The number of carbonyl (C=O) groups is 1. The van der Waals surface area contributed by atoms with Gasteiger partial charge in [-0.1, -0.05) is 15.9 Å². The summed E-state index contributed by atoms with van der Waals surface area (Å²) in [4.78, 5) is 11.2. The monoisotopic (exact) mass is 326 g/mol. The van der Waals surface area contributed by atoms with Crippen LogP contribution in [-0.2, 0) is 11.0 Å². The lowest BCUT2D eigenvalue weighted by molar-refractivity contribution is -0.137. The Hall–Kier alpha value is -0.490. The van der Waals surface area contributed by atoms with Crippen molar-refractivity contribution in [1.82, 2.24) is 0 Å². The molecule has 0 amide bonds. The van der Waals surface area contributed by atoms with Gasteiger partial charge in [0.15, 0.2) is 0 Å². The number of thioether (sulfide) groups is 1. The van der Waals surface area contributed by atoms with E-state index in [9.17, 15) is 18.0 Å². The van der Waals surface area contributed by atoms with Crippen molar-refractivity contribution < 1.29 is 18.0 Å². The molecule has 0 N–H and O–H groups in total. The van der Waals surface area contributed by atoms with Crippen molar-refractivity contribution in [2.75, 3.05) is 6.26 Å². The molecule has 1 nitrogen and oxygen atoms in total. The van der Waals surface area contributed by atoms with Gasteiger partial charge in [0.05, 0.1) is 10.4 Å². The maximum atomic E-state index is 12.6. The predicted octanol–water partition coefficient (Wildman–Crippen LogP) is 4.45. The van der Waals surface area contributed by atoms with Gasteiger partial charge in [-0.25, -0.2) is 0 Å². The van der Waals surface area contributed by atoms with Gasteiger partial charge < -0.3 is 0 Å². The first-order chi connectivity index (χ1) is 7.77. The molecular weight excluding hydrogens is 317 g/mol. The Morgan fingerprint density at radius 3 is 2.41 bits per heavy atom. The molecule has 6 heteroatoms. The molecule has 1 rings (SSSR count). The van der Waals surface area contributed by atoms with Gasteiger partial charge in [-0.3, -0.25) is 4.79 Å². The summed E-state index contributed by atoms with van der Waals surface area (Å²) in [7, 11) is 0. The first kappa shape index (κ1) is 14.6. The van der Waals surface area contributed by atoms with E-state index in [0.29, 0.717) is 10.5 Å². The summed E-state index contributed by atoms with van der Waals surface area (Å²) in [5, 5.41) is 0. The summed E-state index contributed by atoms with van der Waals surface area (Å²) >= 11 is 4.42. The van der Waals surface area contributed by atoms with Gasteiger partial charge in [-0.05, 0) is 36.9 Å². The Labute approximate surface area is 110 Å². The second kappa shape index (κ2) is 5.44. The van der Waals surface area contributed by atoms with Crippen molar-refractivity contribution in [3.05, 3.63) is 29.3 Å². The summed E-state index contributed by atoms with van der Waals surface area (Å²) in [6, 6.07) is 3.43. The van der Waals surface area contributed by atoms with E-state index in [1.807, 2.05) is 0 Å². The number of ketones is 1. The van der Waals surface area contributed by atoms with Crippen LogP contribution in [0, 0.1) is 0 Å². The molecule has 0 aliphatic heterocycles. The van der Waals surface area contributed by atoms with Crippen LogP contribution in [0.15, 0.2) is 23.1 Å². The molecule has 17 heavy (non-hydrogen) atoms. The normalized spacial score (nSPS) is 13.5. The summed E-state index contributed by atoms with van der Waals surface area (Å²) in [6.07, 6.45) is -2.64. The fraction of sp³-hybridized carbons (Fsp3) is 0.364. The lowest BCUT2D eigenvalue weighted by atomic mass is 10.1. The Kier molecular flexibility index (Phi) is 4.66. The zero-order valence-electron chi connectivity index (χ0n) is 9.14. The van der Waals surface area contributed by atoms with E-state index in [2.05, 4.69) is 15.9 Å². The van der Waals surface area contributed by atoms with Crippen LogP contribution in [0.5, 0.6) is 0 Å². The Bertz CT molecular complexity index is 431. The van der Waals surface area contributed by atoms with Crippen molar-refractivity contribution in [3.8, 4) is 0 Å². The van der Waals surface area contributed by atoms with Crippen LogP contribution in [0.4, 0.5) is 13.2 Å². The highest BCUT2D eigenvalue weighted by atomic mass is 79.9. The second-order valence-corrected chi connectivity index (χ2v) is 5.19. The van der Waals surface area contributed by atoms with Gasteiger partial charge in [0.2, 0.25) is 0 Å². The zero-order valence-corrected chi connectivity index (χ0v) is 11.5. The van der Waals surface area contributed by atoms with Gasteiger partial charge in [0.1, 0.15) is 5.78 Å². The van der Waals surface area contributed by atoms with E-state index < -0.39 is 16.6 Å². The minimum atomic E-state index is -4.39. The number of benzene rings is 1. The van der Waals surface area contributed by atoms with Crippen LogP contribution in [0.1, 0.15) is 22.9 Å². The van der Waals surface area contributed by atoms with Crippen LogP contribution < -0.4 is 0 Å². The summed E-state index contributed by atoms with van der Waals surface area (Å²) < 4.78 is 37.7. The predicted molar refractivity (Wildman–Crippen MR) is 65.6 cm³/mol. The van der Waals surface area contributed by atoms with Crippen LogP contribution in [0.3, 0.4) is 0 Å². The smallest absolute Gasteiger partial charge is 0.298 e. The molecule has 0 radical (unpaired) electrons. The number of alkyl halides is 4. The molecule has 1 aromatic carbocycles. The Morgan fingerprint density at radius 1 is 1.41 bits per heavy atom. The number of hydrogen-bond donors (Lipinski definition) is 0. The molecule has 0 aromatic heterocycles. The van der Waals surface area contributed by atoms with E-state index in [0.717, 1.165) is 12.1 Å². The van der Waals surface area contributed by atoms with Crippen molar-refractivity contribution in [1.29, 1.82) is 0 Å². The highest BCUT2D eigenvalue weighted by Gasteiger charge is 2.32. The molecule has 0 aliphatic rings. The Balaban J connectivity index is 3.29. The molecule has 0 spiro atoms. The second-order valence-electron chi connectivity index (χ2n) is 3.43. The molecule has 1 aromatic rings. The van der Waals surface area contributed by atoms with E-state index in [1.165, 1.54) is 24.8 Å². The minimum absolute atomic E-state index is 0.223. The largest absolute Gasteiger partial charge is 0.416 e. The SMILES string of the molecule is CSc1ccc(C(F)(F)F)cc1C(Br)C(C)=O. The van der Waals surface area contributed by atoms with Gasteiger partial charge in [0.25, 0.3) is 0 Å². The third kappa shape index (κ3) is 3.48. The lowest BCUT2D eigenvalue weighted by Crippen LogP contribution is -2.09. The third-order valence-electron chi connectivity index (χ3n) is 2.19. The molecule has 0 heterocycles. The maximum absolute atomic E-state index is 12.6. The Morgan fingerprint density at radius 2 is 2.00 bits per heavy atom. The van der Waals surface area contributed by atoms with Gasteiger partial charge >= 0.3 is 6.18 Å². The number of hydrogen-bond acceptors (Lipinski definition) is 2. The molecule has 0 bridgehead atoms. The van der Waals surface area contributed by atoms with E-state index in [1.54, 1.807) is 6.26 Å². The number of halogens is 4. The molecular formula is C11H10BrF3OS. The average Bonchev–Trinajstić information content (AvgIpc) is 2.25. The number of carbonyl (C=O) groups excluding carboxylic acids is 1. The van der Waals surface area contributed by atoms with E-state index >= 15 is 0 Å². The van der Waals surface area contributed by atoms with Crippen LogP contribution >= 0.6 is 27.7 Å². The highest BCUT2D eigenvalue weighted by Crippen LogP contribution is 2.37. The topological polar surface area (TPSA) is 17.1 Å². The average molecular weight is 327 g/mol. The zero-order chi connectivity index (χ0) is 13.2. The number of Topliss-reactive ketones (excluding diaryl/α,β-unsaturated/α-hetero) is 1. The fourth-order valence-electron chi connectivity index (χ4n) is 1.33. The molecule has 0 aliphatic carbocycles. The standard InChI is InChI=1S/C11H10BrF3OS/c1-6(16)10(12)8-5-7(11(13,14)15)3-4-9(8)17-2/h3-5,10H,1-2H3. The quantitative estimate of drug-likeness (QED) is 0.603. The fourth-order valence-corrected chi connectivity index (χ4v) is 2.47. The van der Waals surface area contributed by atoms with Gasteiger partial charge in [-0.2, -0.15) is 13.2 Å². The molecule has 0 saturated carbocycles. The summed E-state index contributed by atoms with van der Waals surface area (Å²) in [5.41, 5.74) is -0.379. The van der Waals surface area contributed by atoms with Crippen molar-refractivity contribution in [2.45, 2.75) is 22.8 Å². The van der Waals surface area contributed by atoms with E-state index in [-0.39, 0.29) is 5.78 Å². The van der Waals surface area contributed by atoms with Gasteiger partial charge in [-0.15, -0.1) is 11.8 Å². The van der Waals surface area contributed by atoms with Crippen molar-refractivity contribution in [2.24, 2.45) is 0 Å². The van der Waals surface area contributed by atoms with Gasteiger partial charge in [0, 0.05) is 4.90 Å². The van der Waals surface area contributed by atoms with Crippen molar-refractivity contribution >= 4 is 33.5 Å². The van der Waals surface area contributed by atoms with Crippen LogP contribution in [0.25, 0.3) is 0 Å². The third-order valence-corrected chi connectivity index (χ3v) is 4.14. The molecule has 94 valence electrons. The lowest BCUT2D eigenvalue weighted by Gasteiger charge is -2.14. The molecule has 1 atom stereocenters. The minimum Gasteiger partial charge on any atom is -0.298 e. The maximum Gasteiger partial charge on any atom is 0.416 e. The molecule has 1 unspecified atom stereocenters. The molecule has 0 fully saturated rings. The van der Waals surface area contributed by atoms with E-state index in [4.69, 9.17) is 0 Å². The molecule has 0 saturated heterocycles. The van der Waals surface area contributed by atoms with Crippen molar-refractivity contribution in [3.63, 3.8) is 0 Å². The first-order valence-corrected chi connectivity index (χ1v) is 6.81. The summed E-state index contributed by atoms with van der Waals surface area (Å²) in [5.74, 6) is -0.223. The number of rotatable bonds is 3. The van der Waals surface area contributed by atoms with Crippen LogP contribution in [0.2, 0.25) is 0 Å². The first-order valence-electron chi connectivity index (χ1n) is 4.67. The highest BCUT2D eigenvalue weighted by molar-refractivity contribution is 9.09. The van der Waals surface area contributed by atoms with Crippen LogP contribution in [-0.4, -0.2) is 12.0 Å². The summed E-state index contributed by atoms with van der Waals surface area (Å²) in [6.45, 7) is 1.34.